The largest absolute Gasteiger partial charge is 0.504 e. The highest BCUT2D eigenvalue weighted by atomic mass is 32.2. The molecule has 0 unspecified atom stereocenters. The van der Waals surface area contributed by atoms with Gasteiger partial charge in [-0.25, -0.2) is 0 Å². The van der Waals surface area contributed by atoms with Gasteiger partial charge < -0.3 is 24.2 Å². The van der Waals surface area contributed by atoms with Crippen LogP contribution in [0.3, 0.4) is 0 Å². The van der Waals surface area contributed by atoms with Crippen LogP contribution in [0.25, 0.3) is 0 Å². The van der Waals surface area contributed by atoms with Gasteiger partial charge in [0.15, 0.2) is 11.5 Å². The number of benzene rings is 3. The van der Waals surface area contributed by atoms with Crippen LogP contribution in [0.2, 0.25) is 0 Å². The molecule has 5 rings (SSSR count). The maximum absolute atomic E-state index is 12.6. The molecule has 2 aliphatic rings. The number of hydrogen-bond donors (Lipinski definition) is 3. The van der Waals surface area contributed by atoms with E-state index in [0.717, 1.165) is 11.1 Å². The van der Waals surface area contributed by atoms with Gasteiger partial charge in [0.2, 0.25) is 0 Å². The van der Waals surface area contributed by atoms with Crippen molar-refractivity contribution >= 4 is 10.1 Å². The lowest BCUT2D eigenvalue weighted by molar-refractivity contribution is -0.0218. The number of hydrogen-bond acceptors (Lipinski definition) is 7. The zero-order valence-corrected chi connectivity index (χ0v) is 17.4. The molecule has 160 valence electrons. The molecule has 3 aromatic rings. The Morgan fingerprint density at radius 2 is 1.71 bits per heavy atom. The molecule has 0 radical (unpaired) electrons. The summed E-state index contributed by atoms with van der Waals surface area (Å²) in [5.74, 6) is -0.504. The lowest BCUT2D eigenvalue weighted by atomic mass is 9.80. The van der Waals surface area contributed by atoms with E-state index in [1.54, 1.807) is 18.2 Å². The fourth-order valence-corrected chi connectivity index (χ4v) is 5.31. The fraction of sp³-hybridized carbons (Fsp3) is 0.217. The minimum Gasteiger partial charge on any atom is -0.504 e. The fourth-order valence-electron chi connectivity index (χ4n) is 4.38. The van der Waals surface area contributed by atoms with Crippen molar-refractivity contribution in [1.29, 1.82) is 0 Å². The summed E-state index contributed by atoms with van der Waals surface area (Å²) in [4.78, 5) is 0.0473. The van der Waals surface area contributed by atoms with Crippen molar-refractivity contribution < 1.29 is 32.7 Å². The maximum atomic E-state index is 12.6. The minimum atomic E-state index is -4.01. The molecule has 0 saturated heterocycles. The topological polar surface area (TPSA) is 113 Å². The van der Waals surface area contributed by atoms with Gasteiger partial charge in [-0.1, -0.05) is 23.8 Å². The molecule has 3 N–H and O–H groups in total. The average molecular weight is 440 g/mol. The first kappa shape index (κ1) is 19.7. The summed E-state index contributed by atoms with van der Waals surface area (Å²) >= 11 is 0. The number of ether oxygens (including phenoxy) is 1. The highest BCUT2D eigenvalue weighted by Gasteiger charge is 2.50. The molecule has 0 spiro atoms. The zero-order valence-electron chi connectivity index (χ0n) is 16.6. The first-order chi connectivity index (χ1) is 14.7. The first-order valence-corrected chi connectivity index (χ1v) is 11.1. The highest BCUT2D eigenvalue weighted by Crippen LogP contribution is 2.53. The molecule has 0 aromatic heterocycles. The number of rotatable bonds is 3. The zero-order chi connectivity index (χ0) is 22.0. The molecule has 2 atom stereocenters. The van der Waals surface area contributed by atoms with E-state index in [0.29, 0.717) is 16.9 Å². The maximum Gasteiger partial charge on any atom is 0.339 e. The Bertz CT molecular complexity index is 1300. The van der Waals surface area contributed by atoms with Crippen LogP contribution < -0.4 is 8.92 Å². The Kier molecular flexibility index (Phi) is 4.22. The molecule has 8 heteroatoms. The van der Waals surface area contributed by atoms with E-state index in [-0.39, 0.29) is 35.2 Å². The smallest absolute Gasteiger partial charge is 0.339 e. The van der Waals surface area contributed by atoms with Crippen molar-refractivity contribution in [3.63, 3.8) is 0 Å². The molecular weight excluding hydrogens is 420 g/mol. The summed E-state index contributed by atoms with van der Waals surface area (Å²) in [6.07, 6.45) is 0.264. The molecule has 0 saturated carbocycles. The SMILES string of the molecule is Cc1ccc(S(=O)(=O)Oc2ccc3c(c2)OC[C@]2(O)Cc4cc(O)c(O)cc4[C@H]32)cc1. The number of phenols is 2. The molecule has 31 heavy (non-hydrogen) atoms. The van der Waals surface area contributed by atoms with Gasteiger partial charge in [-0.2, -0.15) is 8.42 Å². The third-order valence-electron chi connectivity index (χ3n) is 5.87. The molecule has 3 aromatic carbocycles. The van der Waals surface area contributed by atoms with Crippen molar-refractivity contribution in [3.05, 3.63) is 76.9 Å². The average Bonchev–Trinajstić information content (AvgIpc) is 3.00. The van der Waals surface area contributed by atoms with Gasteiger partial charge in [0.05, 0.1) is 0 Å². The predicted molar refractivity (Wildman–Crippen MR) is 111 cm³/mol. The third-order valence-corrected chi connectivity index (χ3v) is 7.13. The molecule has 1 heterocycles. The van der Waals surface area contributed by atoms with Gasteiger partial charge in [0, 0.05) is 24.0 Å². The number of phenolic OH excluding ortho intramolecular Hbond substituents is 2. The Morgan fingerprint density at radius 3 is 2.45 bits per heavy atom. The lowest BCUT2D eigenvalue weighted by Crippen LogP contribution is -2.43. The van der Waals surface area contributed by atoms with Gasteiger partial charge >= 0.3 is 10.1 Å². The van der Waals surface area contributed by atoms with Crippen LogP contribution in [0, 0.1) is 6.92 Å². The van der Waals surface area contributed by atoms with Crippen LogP contribution in [0.1, 0.15) is 28.2 Å². The Hall–Kier alpha value is -3.23. The van der Waals surface area contributed by atoms with E-state index < -0.39 is 21.6 Å². The van der Waals surface area contributed by atoms with E-state index in [4.69, 9.17) is 8.92 Å². The van der Waals surface area contributed by atoms with Crippen LogP contribution in [0.15, 0.2) is 59.5 Å². The molecule has 0 amide bonds. The monoisotopic (exact) mass is 440 g/mol. The highest BCUT2D eigenvalue weighted by molar-refractivity contribution is 7.87. The minimum absolute atomic E-state index is 0.0188. The van der Waals surface area contributed by atoms with Gasteiger partial charge in [-0.05, 0) is 48.4 Å². The number of aryl methyl sites for hydroxylation is 1. The van der Waals surface area contributed by atoms with Crippen molar-refractivity contribution in [2.24, 2.45) is 0 Å². The second-order valence-electron chi connectivity index (χ2n) is 8.09. The van der Waals surface area contributed by atoms with Gasteiger partial charge in [-0.3, -0.25) is 0 Å². The summed E-state index contributed by atoms with van der Waals surface area (Å²) in [7, 11) is -4.01. The third kappa shape index (κ3) is 3.19. The van der Waals surface area contributed by atoms with Crippen molar-refractivity contribution in [3.8, 4) is 23.0 Å². The number of aromatic hydroxyl groups is 2. The van der Waals surface area contributed by atoms with Crippen molar-refractivity contribution in [2.75, 3.05) is 6.61 Å². The Morgan fingerprint density at radius 1 is 1.00 bits per heavy atom. The van der Waals surface area contributed by atoms with Crippen LogP contribution in [0.5, 0.6) is 23.0 Å². The normalized spacial score (nSPS) is 21.5. The number of aliphatic hydroxyl groups is 1. The van der Waals surface area contributed by atoms with E-state index in [1.165, 1.54) is 36.4 Å². The van der Waals surface area contributed by atoms with Crippen LogP contribution in [0.4, 0.5) is 0 Å². The van der Waals surface area contributed by atoms with E-state index in [9.17, 15) is 23.7 Å². The summed E-state index contributed by atoms with van der Waals surface area (Å²) in [6, 6.07) is 13.9. The van der Waals surface area contributed by atoms with Gasteiger partial charge in [0.25, 0.3) is 0 Å². The quantitative estimate of drug-likeness (QED) is 0.424. The summed E-state index contributed by atoms with van der Waals surface area (Å²) in [5, 5.41) is 30.9. The summed E-state index contributed by atoms with van der Waals surface area (Å²) in [5.41, 5.74) is 1.78. The lowest BCUT2D eigenvalue weighted by Gasteiger charge is -2.36. The standard InChI is InChI=1S/C23H20O7S/c1-13-2-5-16(6-3-13)31(27,28)30-15-4-7-17-21(9-15)29-12-23(26)11-14-8-19(24)20(25)10-18(14)22(17)23/h2-10,22,24-26H,11-12H2,1H3/t22-,23+/m0/s1. The van der Waals surface area contributed by atoms with Gasteiger partial charge in [-0.15, -0.1) is 0 Å². The molecule has 1 aliphatic heterocycles. The molecule has 0 bridgehead atoms. The van der Waals surface area contributed by atoms with Crippen LogP contribution >= 0.6 is 0 Å². The van der Waals surface area contributed by atoms with E-state index in [2.05, 4.69) is 0 Å². The molecular formula is C23H20O7S. The van der Waals surface area contributed by atoms with Crippen LogP contribution in [-0.4, -0.2) is 35.9 Å². The van der Waals surface area contributed by atoms with Gasteiger partial charge in [0.1, 0.15) is 28.6 Å². The van der Waals surface area contributed by atoms with E-state index >= 15 is 0 Å². The summed E-state index contributed by atoms with van der Waals surface area (Å²) in [6.45, 7) is 1.84. The predicted octanol–water partition coefficient (Wildman–Crippen LogP) is 2.99. The van der Waals surface area contributed by atoms with Crippen molar-refractivity contribution in [2.45, 2.75) is 29.8 Å². The first-order valence-electron chi connectivity index (χ1n) is 9.71. The number of fused-ring (bicyclic) bond motifs is 5. The van der Waals surface area contributed by atoms with E-state index in [1.807, 2.05) is 6.92 Å². The molecule has 1 aliphatic carbocycles. The Balaban J connectivity index is 1.51. The molecule has 0 fully saturated rings. The second kappa shape index (κ2) is 6.63. The molecule has 7 nitrogen and oxygen atoms in total. The Labute approximate surface area is 179 Å². The van der Waals surface area contributed by atoms with Crippen molar-refractivity contribution in [1.82, 2.24) is 0 Å². The second-order valence-corrected chi connectivity index (χ2v) is 9.64. The summed E-state index contributed by atoms with van der Waals surface area (Å²) < 4.78 is 36.2. The van der Waals surface area contributed by atoms with Crippen LogP contribution in [-0.2, 0) is 16.5 Å².